The largest absolute Gasteiger partial charge is 0.496 e. The first-order valence-corrected chi connectivity index (χ1v) is 6.47. The Morgan fingerprint density at radius 3 is 2.55 bits per heavy atom. The van der Waals surface area contributed by atoms with Crippen molar-refractivity contribution in [1.82, 2.24) is 0 Å². The second kappa shape index (κ2) is 5.39. The lowest BCUT2D eigenvalue weighted by molar-refractivity contribution is -0.0644. The van der Waals surface area contributed by atoms with Crippen molar-refractivity contribution in [2.75, 3.05) is 14.2 Å². The summed E-state index contributed by atoms with van der Waals surface area (Å²) in [5, 5.41) is 0. The molecular weight excluding hydrogens is 252 g/mol. The van der Waals surface area contributed by atoms with Gasteiger partial charge in [0.15, 0.2) is 0 Å². The van der Waals surface area contributed by atoms with Crippen LogP contribution in [0.15, 0.2) is 48.5 Å². The van der Waals surface area contributed by atoms with Crippen molar-refractivity contribution >= 4 is 11.8 Å². The van der Waals surface area contributed by atoms with E-state index >= 15 is 0 Å². The molecule has 20 heavy (non-hydrogen) atoms. The Hall–Kier alpha value is -2.26. The van der Waals surface area contributed by atoms with Gasteiger partial charge in [0.2, 0.25) is 6.29 Å². The number of ether oxygens (including phenoxy) is 3. The van der Waals surface area contributed by atoms with Gasteiger partial charge in [-0.15, -0.1) is 0 Å². The summed E-state index contributed by atoms with van der Waals surface area (Å²) in [5.41, 5.74) is 3.10. The topological polar surface area (TPSA) is 27.7 Å². The third kappa shape index (κ3) is 2.17. The van der Waals surface area contributed by atoms with Crippen LogP contribution >= 0.6 is 0 Å². The summed E-state index contributed by atoms with van der Waals surface area (Å²) >= 11 is 0. The summed E-state index contributed by atoms with van der Waals surface area (Å²) in [4.78, 5) is 0. The zero-order valence-electron chi connectivity index (χ0n) is 11.5. The van der Waals surface area contributed by atoms with Crippen LogP contribution in [-0.4, -0.2) is 14.2 Å². The standard InChI is InChI=1S/C17H16O3/c1-18-15-10-6-3-7-12(15)11-16-13-8-4-5-9-14(13)17(19-2)20-16/h3-11,17H,1-2H3/b16-11-. The molecule has 0 saturated carbocycles. The minimum atomic E-state index is -0.341. The number of fused-ring (bicyclic) bond motifs is 1. The van der Waals surface area contributed by atoms with E-state index in [1.165, 1.54) is 0 Å². The Balaban J connectivity index is 2.05. The second-order valence-corrected chi connectivity index (χ2v) is 4.52. The molecule has 3 heteroatoms. The Labute approximate surface area is 118 Å². The van der Waals surface area contributed by atoms with Crippen molar-refractivity contribution < 1.29 is 14.2 Å². The summed E-state index contributed by atoms with van der Waals surface area (Å²) in [7, 11) is 3.31. The molecule has 1 aliphatic rings. The van der Waals surface area contributed by atoms with Gasteiger partial charge in [-0.3, -0.25) is 0 Å². The summed E-state index contributed by atoms with van der Waals surface area (Å²) in [5.74, 6) is 1.62. The minimum Gasteiger partial charge on any atom is -0.496 e. The fourth-order valence-electron chi connectivity index (χ4n) is 2.38. The normalized spacial score (nSPS) is 18.7. The van der Waals surface area contributed by atoms with Gasteiger partial charge in [0.1, 0.15) is 11.5 Å². The summed E-state index contributed by atoms with van der Waals surface area (Å²) in [6.45, 7) is 0. The van der Waals surface area contributed by atoms with Crippen molar-refractivity contribution in [2.45, 2.75) is 6.29 Å². The van der Waals surface area contributed by atoms with Gasteiger partial charge in [-0.1, -0.05) is 42.5 Å². The molecule has 0 spiro atoms. The molecule has 0 fully saturated rings. The molecule has 1 aliphatic heterocycles. The monoisotopic (exact) mass is 268 g/mol. The van der Waals surface area contributed by atoms with E-state index in [-0.39, 0.29) is 6.29 Å². The average molecular weight is 268 g/mol. The zero-order valence-corrected chi connectivity index (χ0v) is 11.5. The highest BCUT2D eigenvalue weighted by molar-refractivity contribution is 5.82. The summed E-state index contributed by atoms with van der Waals surface area (Å²) in [6.07, 6.45) is 1.64. The molecule has 0 aromatic heterocycles. The Morgan fingerprint density at radius 1 is 1.00 bits per heavy atom. The van der Waals surface area contributed by atoms with Crippen LogP contribution in [0.5, 0.6) is 5.75 Å². The van der Waals surface area contributed by atoms with E-state index < -0.39 is 0 Å². The number of hydrogen-bond donors (Lipinski definition) is 0. The third-order valence-electron chi connectivity index (χ3n) is 3.35. The fourth-order valence-corrected chi connectivity index (χ4v) is 2.38. The third-order valence-corrected chi connectivity index (χ3v) is 3.35. The highest BCUT2D eigenvalue weighted by Gasteiger charge is 2.27. The van der Waals surface area contributed by atoms with Gasteiger partial charge < -0.3 is 14.2 Å². The smallest absolute Gasteiger partial charge is 0.227 e. The highest BCUT2D eigenvalue weighted by atomic mass is 16.7. The first-order valence-electron chi connectivity index (χ1n) is 6.47. The Kier molecular flexibility index (Phi) is 3.44. The van der Waals surface area contributed by atoms with E-state index in [4.69, 9.17) is 14.2 Å². The van der Waals surface area contributed by atoms with Gasteiger partial charge in [-0.25, -0.2) is 0 Å². The lowest BCUT2D eigenvalue weighted by atomic mass is 10.1. The fraction of sp³-hybridized carbons (Fsp3) is 0.176. The van der Waals surface area contributed by atoms with Crippen molar-refractivity contribution in [2.24, 2.45) is 0 Å². The molecule has 0 aliphatic carbocycles. The average Bonchev–Trinajstić information content (AvgIpc) is 2.86. The van der Waals surface area contributed by atoms with Gasteiger partial charge in [0.05, 0.1) is 7.11 Å². The molecule has 2 aromatic rings. The van der Waals surface area contributed by atoms with E-state index in [1.54, 1.807) is 14.2 Å². The molecule has 3 rings (SSSR count). The highest BCUT2D eigenvalue weighted by Crippen LogP contribution is 2.40. The number of methoxy groups -OCH3 is 2. The maximum Gasteiger partial charge on any atom is 0.227 e. The van der Waals surface area contributed by atoms with Crippen molar-refractivity contribution in [3.05, 3.63) is 65.2 Å². The molecule has 1 unspecified atom stereocenters. The SMILES string of the molecule is COc1ccccc1/C=C1\OC(OC)c2ccccc21. The molecule has 0 radical (unpaired) electrons. The van der Waals surface area contributed by atoms with Gasteiger partial charge in [-0.2, -0.15) is 0 Å². The minimum absolute atomic E-state index is 0.341. The molecule has 1 atom stereocenters. The molecule has 0 saturated heterocycles. The number of benzene rings is 2. The Morgan fingerprint density at radius 2 is 1.75 bits per heavy atom. The Bertz CT molecular complexity index is 646. The first-order chi connectivity index (χ1) is 9.83. The molecule has 0 N–H and O–H groups in total. The van der Waals surface area contributed by atoms with Gasteiger partial charge in [0, 0.05) is 23.8 Å². The predicted molar refractivity (Wildman–Crippen MR) is 78.1 cm³/mol. The zero-order chi connectivity index (χ0) is 13.9. The van der Waals surface area contributed by atoms with Crippen molar-refractivity contribution in [3.8, 4) is 5.75 Å². The van der Waals surface area contributed by atoms with Gasteiger partial charge in [0.25, 0.3) is 0 Å². The van der Waals surface area contributed by atoms with Crippen LogP contribution in [0.3, 0.4) is 0 Å². The molecular formula is C17H16O3. The van der Waals surface area contributed by atoms with Crippen molar-refractivity contribution in [1.29, 1.82) is 0 Å². The number of hydrogen-bond acceptors (Lipinski definition) is 3. The summed E-state index contributed by atoms with van der Waals surface area (Å²) in [6, 6.07) is 15.9. The number of para-hydroxylation sites is 1. The van der Waals surface area contributed by atoms with E-state index in [0.29, 0.717) is 0 Å². The first kappa shape index (κ1) is 12.8. The maximum absolute atomic E-state index is 5.87. The molecule has 3 nitrogen and oxygen atoms in total. The van der Waals surface area contributed by atoms with Crippen LogP contribution in [0, 0.1) is 0 Å². The van der Waals surface area contributed by atoms with Crippen LogP contribution in [0.1, 0.15) is 23.0 Å². The van der Waals surface area contributed by atoms with Crippen LogP contribution < -0.4 is 4.74 Å². The maximum atomic E-state index is 5.87. The van der Waals surface area contributed by atoms with Gasteiger partial charge in [-0.05, 0) is 12.1 Å². The molecule has 102 valence electrons. The van der Waals surface area contributed by atoms with E-state index in [0.717, 1.165) is 28.2 Å². The van der Waals surface area contributed by atoms with Crippen LogP contribution in [0.2, 0.25) is 0 Å². The van der Waals surface area contributed by atoms with Gasteiger partial charge >= 0.3 is 0 Å². The van der Waals surface area contributed by atoms with E-state index in [9.17, 15) is 0 Å². The van der Waals surface area contributed by atoms with E-state index in [2.05, 4.69) is 0 Å². The molecule has 1 heterocycles. The quantitative estimate of drug-likeness (QED) is 0.845. The lowest BCUT2D eigenvalue weighted by Gasteiger charge is -2.09. The predicted octanol–water partition coefficient (Wildman–Crippen LogP) is 3.87. The van der Waals surface area contributed by atoms with Crippen LogP contribution in [0.4, 0.5) is 0 Å². The summed E-state index contributed by atoms with van der Waals surface area (Å²) < 4.78 is 16.6. The molecule has 0 amide bonds. The van der Waals surface area contributed by atoms with Crippen molar-refractivity contribution in [3.63, 3.8) is 0 Å². The molecule has 2 aromatic carbocycles. The lowest BCUT2D eigenvalue weighted by Crippen LogP contribution is -1.97. The molecule has 0 bridgehead atoms. The van der Waals surface area contributed by atoms with Crippen LogP contribution in [0.25, 0.3) is 11.8 Å². The second-order valence-electron chi connectivity index (χ2n) is 4.52. The van der Waals surface area contributed by atoms with Crippen LogP contribution in [-0.2, 0) is 9.47 Å². The van der Waals surface area contributed by atoms with E-state index in [1.807, 2.05) is 54.6 Å². The number of rotatable bonds is 3.